The monoisotopic (exact) mass is 550 g/mol. The first-order valence-electron chi connectivity index (χ1n) is 12.2. The molecule has 2 aromatic rings. The van der Waals surface area contributed by atoms with Crippen molar-refractivity contribution in [2.75, 3.05) is 13.2 Å². The molecule has 208 valence electrons. The molecule has 2 aliphatic rings. The minimum absolute atomic E-state index is 0.0229. The van der Waals surface area contributed by atoms with E-state index in [9.17, 15) is 35.1 Å². The summed E-state index contributed by atoms with van der Waals surface area (Å²) in [6, 6.07) is 3.04. The quantitative estimate of drug-likeness (QED) is 0.269. The maximum absolute atomic E-state index is 14.7. The molecule has 0 N–H and O–H groups in total. The Labute approximate surface area is 214 Å². The first-order valence-corrected chi connectivity index (χ1v) is 12.2. The molecule has 0 amide bonds. The van der Waals surface area contributed by atoms with Crippen LogP contribution in [0.2, 0.25) is 0 Å². The number of allylic oxidation sites excluding steroid dienone is 1. The van der Waals surface area contributed by atoms with E-state index in [-0.39, 0.29) is 36.2 Å². The topological polar surface area (TPSA) is 27.7 Å². The van der Waals surface area contributed by atoms with Crippen molar-refractivity contribution < 1.29 is 49.3 Å². The van der Waals surface area contributed by atoms with Crippen molar-refractivity contribution in [2.45, 2.75) is 57.1 Å². The summed E-state index contributed by atoms with van der Waals surface area (Å²) >= 11 is 0. The highest BCUT2D eigenvalue weighted by atomic mass is 19.4. The summed E-state index contributed by atoms with van der Waals surface area (Å²) in [6.45, 7) is 3.08. The number of halogens is 8. The van der Waals surface area contributed by atoms with Crippen LogP contribution < -0.4 is 4.74 Å². The molecule has 0 radical (unpaired) electrons. The molecule has 1 saturated heterocycles. The third-order valence-electron chi connectivity index (χ3n) is 6.89. The molecule has 2 fully saturated rings. The summed E-state index contributed by atoms with van der Waals surface area (Å²) < 4.78 is 126. The average molecular weight is 550 g/mol. The highest BCUT2D eigenvalue weighted by molar-refractivity contribution is 5.34. The molecule has 4 rings (SSSR count). The Balaban J connectivity index is 1.40. The SMILES string of the molecule is C/C=C/C1COC(C2CCC(c3ccc(C(F)(F)Oc4cc(F)c(C(F)(F)F)c(F)c4)c(F)c3)CC2)OC1. The van der Waals surface area contributed by atoms with Gasteiger partial charge in [0.05, 0.1) is 18.8 Å². The summed E-state index contributed by atoms with van der Waals surface area (Å²) in [7, 11) is 0. The third-order valence-corrected chi connectivity index (χ3v) is 6.89. The van der Waals surface area contributed by atoms with Crippen LogP contribution in [-0.4, -0.2) is 19.5 Å². The highest BCUT2D eigenvalue weighted by Crippen LogP contribution is 2.42. The molecule has 2 aromatic carbocycles. The van der Waals surface area contributed by atoms with E-state index in [1.54, 1.807) is 0 Å². The minimum atomic E-state index is -5.37. The van der Waals surface area contributed by atoms with Gasteiger partial charge in [-0.2, -0.15) is 22.0 Å². The zero-order chi connectivity index (χ0) is 27.7. The lowest BCUT2D eigenvalue weighted by Crippen LogP contribution is -2.37. The maximum Gasteiger partial charge on any atom is 0.429 e. The Morgan fingerprint density at radius 1 is 0.842 bits per heavy atom. The van der Waals surface area contributed by atoms with Gasteiger partial charge in [0.25, 0.3) is 0 Å². The second-order valence-corrected chi connectivity index (χ2v) is 9.55. The fourth-order valence-electron chi connectivity index (χ4n) is 5.02. The number of ether oxygens (including phenoxy) is 3. The van der Waals surface area contributed by atoms with Gasteiger partial charge >= 0.3 is 12.3 Å². The summed E-state index contributed by atoms with van der Waals surface area (Å²) in [5, 5.41) is 0. The van der Waals surface area contributed by atoms with E-state index in [2.05, 4.69) is 4.74 Å². The Bertz CT molecular complexity index is 1120. The van der Waals surface area contributed by atoms with Crippen molar-refractivity contribution in [1.82, 2.24) is 0 Å². The van der Waals surface area contributed by atoms with Crippen molar-refractivity contribution >= 4 is 0 Å². The van der Waals surface area contributed by atoms with Crippen LogP contribution in [0.3, 0.4) is 0 Å². The molecule has 0 spiro atoms. The maximum atomic E-state index is 14.7. The van der Waals surface area contributed by atoms with E-state index in [1.165, 1.54) is 6.07 Å². The van der Waals surface area contributed by atoms with Gasteiger partial charge in [0, 0.05) is 24.0 Å². The van der Waals surface area contributed by atoms with Crippen LogP contribution in [0.5, 0.6) is 5.75 Å². The molecule has 11 heteroatoms. The van der Waals surface area contributed by atoms with Gasteiger partial charge in [-0.3, -0.25) is 0 Å². The average Bonchev–Trinajstić information content (AvgIpc) is 2.83. The Kier molecular flexibility index (Phi) is 8.37. The molecule has 1 aliphatic carbocycles. The molecule has 1 heterocycles. The summed E-state index contributed by atoms with van der Waals surface area (Å²) in [5.74, 6) is -6.48. The van der Waals surface area contributed by atoms with Crippen LogP contribution in [-0.2, 0) is 21.8 Å². The summed E-state index contributed by atoms with van der Waals surface area (Å²) in [4.78, 5) is 0. The third kappa shape index (κ3) is 6.31. The van der Waals surface area contributed by atoms with E-state index >= 15 is 0 Å². The smallest absolute Gasteiger partial charge is 0.429 e. The molecule has 0 bridgehead atoms. The van der Waals surface area contributed by atoms with Gasteiger partial charge in [-0.25, -0.2) is 13.2 Å². The molecule has 3 nitrogen and oxygen atoms in total. The number of hydrogen-bond acceptors (Lipinski definition) is 3. The zero-order valence-corrected chi connectivity index (χ0v) is 20.3. The predicted octanol–water partition coefficient (Wildman–Crippen LogP) is 8.09. The Hall–Kier alpha value is -2.66. The van der Waals surface area contributed by atoms with Crippen LogP contribution in [0.1, 0.15) is 55.2 Å². The zero-order valence-electron chi connectivity index (χ0n) is 20.3. The normalized spacial score (nSPS) is 25.1. The first kappa shape index (κ1) is 28.4. The predicted molar refractivity (Wildman–Crippen MR) is 121 cm³/mol. The van der Waals surface area contributed by atoms with Crippen LogP contribution >= 0.6 is 0 Å². The second kappa shape index (κ2) is 11.2. The first-order chi connectivity index (χ1) is 17.9. The van der Waals surface area contributed by atoms with E-state index in [0.717, 1.165) is 25.0 Å². The Morgan fingerprint density at radius 2 is 1.45 bits per heavy atom. The molecule has 1 saturated carbocycles. The Morgan fingerprint density at radius 3 is 1.97 bits per heavy atom. The number of hydrogen-bond donors (Lipinski definition) is 0. The van der Waals surface area contributed by atoms with Gasteiger partial charge < -0.3 is 14.2 Å². The number of rotatable bonds is 6. The van der Waals surface area contributed by atoms with Gasteiger partial charge in [0.2, 0.25) is 0 Å². The molecule has 1 aliphatic heterocycles. The minimum Gasteiger partial charge on any atom is -0.429 e. The van der Waals surface area contributed by atoms with Crippen LogP contribution in [0, 0.1) is 29.3 Å². The number of alkyl halides is 5. The van der Waals surface area contributed by atoms with Crippen molar-refractivity contribution in [3.63, 3.8) is 0 Å². The second-order valence-electron chi connectivity index (χ2n) is 9.55. The lowest BCUT2D eigenvalue weighted by atomic mass is 9.78. The molecular weight excluding hydrogens is 524 g/mol. The fourth-order valence-corrected chi connectivity index (χ4v) is 5.02. The van der Waals surface area contributed by atoms with Crippen molar-refractivity contribution in [1.29, 1.82) is 0 Å². The van der Waals surface area contributed by atoms with E-state index in [4.69, 9.17) is 9.47 Å². The van der Waals surface area contributed by atoms with Crippen LogP contribution in [0.15, 0.2) is 42.5 Å². The fraction of sp³-hybridized carbons (Fsp3) is 0.481. The highest BCUT2D eigenvalue weighted by Gasteiger charge is 2.41. The number of benzene rings is 2. The molecular formula is C27H26F8O3. The van der Waals surface area contributed by atoms with Crippen LogP contribution in [0.4, 0.5) is 35.1 Å². The molecule has 0 unspecified atom stereocenters. The molecule has 0 atom stereocenters. The summed E-state index contributed by atoms with van der Waals surface area (Å²) in [5.41, 5.74) is -2.95. The van der Waals surface area contributed by atoms with Crippen molar-refractivity contribution in [2.24, 2.45) is 11.8 Å². The van der Waals surface area contributed by atoms with Crippen molar-refractivity contribution in [3.8, 4) is 5.75 Å². The lowest BCUT2D eigenvalue weighted by molar-refractivity contribution is -0.222. The van der Waals surface area contributed by atoms with E-state index in [0.29, 0.717) is 31.6 Å². The van der Waals surface area contributed by atoms with Crippen molar-refractivity contribution in [3.05, 3.63) is 76.6 Å². The van der Waals surface area contributed by atoms with Gasteiger partial charge in [-0.1, -0.05) is 18.2 Å². The van der Waals surface area contributed by atoms with E-state index < -0.39 is 46.6 Å². The standard InChI is InChI=1S/C27H26F8O3/c1-2-3-15-13-36-25(37-14-15)17-6-4-16(5-7-17)18-8-9-20(21(28)10-18)27(34,35)38-19-11-22(29)24(23(30)12-19)26(31,32)33/h2-3,8-12,15-17,25H,4-7,13-14H2,1H3/b3-2+. The van der Waals surface area contributed by atoms with Gasteiger partial charge in [0.1, 0.15) is 28.8 Å². The summed E-state index contributed by atoms with van der Waals surface area (Å²) in [6.07, 6.45) is -3.28. The van der Waals surface area contributed by atoms with Gasteiger partial charge in [-0.15, -0.1) is 0 Å². The largest absolute Gasteiger partial charge is 0.429 e. The van der Waals surface area contributed by atoms with Gasteiger partial charge in [0.15, 0.2) is 6.29 Å². The van der Waals surface area contributed by atoms with Crippen LogP contribution in [0.25, 0.3) is 0 Å². The van der Waals surface area contributed by atoms with Gasteiger partial charge in [-0.05, 0) is 56.2 Å². The molecule has 0 aromatic heterocycles. The molecule has 38 heavy (non-hydrogen) atoms. The lowest BCUT2D eigenvalue weighted by Gasteiger charge is -2.37. The van der Waals surface area contributed by atoms with E-state index in [1.807, 2.05) is 19.1 Å².